The van der Waals surface area contributed by atoms with Gasteiger partial charge in [0.15, 0.2) is 0 Å². The molecule has 4 heteroatoms. The van der Waals surface area contributed by atoms with E-state index in [0.717, 1.165) is 49.9 Å². The Bertz CT molecular complexity index is 373. The predicted octanol–water partition coefficient (Wildman–Crippen LogP) is 2.86. The minimum Gasteiger partial charge on any atom is -0.383 e. The highest BCUT2D eigenvalue weighted by atomic mass is 35.5. The van der Waals surface area contributed by atoms with Gasteiger partial charge in [-0.15, -0.1) is 0 Å². The first kappa shape index (κ1) is 13.7. The first-order chi connectivity index (χ1) is 8.75. The van der Waals surface area contributed by atoms with Gasteiger partial charge in [-0.05, 0) is 25.5 Å². The lowest BCUT2D eigenvalue weighted by Crippen LogP contribution is -2.34. The topological polar surface area (TPSA) is 24.5 Å². The van der Waals surface area contributed by atoms with Crippen LogP contribution in [0.5, 0.6) is 0 Å². The van der Waals surface area contributed by atoms with E-state index in [1.54, 1.807) is 0 Å². The zero-order chi connectivity index (χ0) is 12.8. The lowest BCUT2D eigenvalue weighted by atomic mass is 10.3. The van der Waals surface area contributed by atoms with Crippen LogP contribution in [0, 0.1) is 0 Å². The van der Waals surface area contributed by atoms with Crippen molar-refractivity contribution in [3.05, 3.63) is 29.3 Å². The van der Waals surface area contributed by atoms with E-state index in [1.807, 2.05) is 24.3 Å². The van der Waals surface area contributed by atoms with Crippen LogP contribution < -0.4 is 5.32 Å². The number of anilines is 1. The molecule has 0 bridgehead atoms. The lowest BCUT2D eigenvalue weighted by Gasteiger charge is -2.22. The smallest absolute Gasteiger partial charge is 0.0673 e. The number of nitrogens with one attached hydrogen (secondary N) is 1. The first-order valence-corrected chi connectivity index (χ1v) is 6.96. The molecule has 18 heavy (non-hydrogen) atoms. The Kier molecular flexibility index (Phi) is 5.29. The van der Waals surface area contributed by atoms with Crippen LogP contribution in [0.2, 0.25) is 5.02 Å². The van der Waals surface area contributed by atoms with Crippen molar-refractivity contribution in [3.63, 3.8) is 0 Å². The van der Waals surface area contributed by atoms with Gasteiger partial charge in [0.1, 0.15) is 0 Å². The predicted molar refractivity (Wildman–Crippen MR) is 76.4 cm³/mol. The molecule has 0 amide bonds. The van der Waals surface area contributed by atoms with Gasteiger partial charge < -0.3 is 10.1 Å². The summed E-state index contributed by atoms with van der Waals surface area (Å²) in [6, 6.07) is 7.86. The Hall–Kier alpha value is -0.770. The summed E-state index contributed by atoms with van der Waals surface area (Å²) in [4.78, 5) is 2.45. The minimum absolute atomic E-state index is 0.341. The van der Waals surface area contributed by atoms with Crippen molar-refractivity contribution in [2.24, 2.45) is 0 Å². The van der Waals surface area contributed by atoms with Crippen LogP contribution in [0.15, 0.2) is 24.3 Å². The molecule has 1 fully saturated rings. The first-order valence-electron chi connectivity index (χ1n) is 6.58. The van der Waals surface area contributed by atoms with E-state index < -0.39 is 0 Å². The van der Waals surface area contributed by atoms with Crippen molar-refractivity contribution >= 4 is 17.3 Å². The zero-order valence-corrected chi connectivity index (χ0v) is 11.6. The van der Waals surface area contributed by atoms with E-state index in [4.69, 9.17) is 16.3 Å². The number of benzene rings is 1. The third-order valence-corrected chi connectivity index (χ3v) is 3.48. The monoisotopic (exact) mass is 268 g/mol. The van der Waals surface area contributed by atoms with E-state index in [1.165, 1.54) is 0 Å². The van der Waals surface area contributed by atoms with Gasteiger partial charge in [0, 0.05) is 32.8 Å². The number of para-hydroxylation sites is 1. The Morgan fingerprint density at radius 3 is 3.11 bits per heavy atom. The number of nitrogens with zero attached hydrogens (tertiary/aromatic N) is 1. The van der Waals surface area contributed by atoms with Crippen LogP contribution in [0.3, 0.4) is 0 Å². The normalized spacial score (nSPS) is 21.6. The molecule has 0 spiro atoms. The second-order valence-corrected chi connectivity index (χ2v) is 5.15. The number of halogens is 1. The third kappa shape index (κ3) is 4.16. The Labute approximate surface area is 114 Å². The Morgan fingerprint density at radius 1 is 1.44 bits per heavy atom. The lowest BCUT2D eigenvalue weighted by molar-refractivity contribution is 0.0683. The molecule has 100 valence electrons. The summed E-state index contributed by atoms with van der Waals surface area (Å²) in [6.07, 6.45) is 1.46. The Balaban J connectivity index is 1.76. The largest absolute Gasteiger partial charge is 0.383 e. The van der Waals surface area contributed by atoms with Gasteiger partial charge in [-0.25, -0.2) is 0 Å². The van der Waals surface area contributed by atoms with Gasteiger partial charge >= 0.3 is 0 Å². The number of hydrogen-bond acceptors (Lipinski definition) is 3. The fraction of sp³-hybridized carbons (Fsp3) is 0.571. The van der Waals surface area contributed by atoms with Crippen LogP contribution in [-0.2, 0) is 4.74 Å². The van der Waals surface area contributed by atoms with Gasteiger partial charge in [0.05, 0.1) is 16.8 Å². The van der Waals surface area contributed by atoms with Crippen molar-refractivity contribution < 1.29 is 4.74 Å². The average Bonchev–Trinajstić information content (AvgIpc) is 2.56. The van der Waals surface area contributed by atoms with Gasteiger partial charge in [-0.2, -0.15) is 0 Å². The molecule has 1 aliphatic heterocycles. The quantitative estimate of drug-likeness (QED) is 0.909. The zero-order valence-electron chi connectivity index (χ0n) is 10.9. The van der Waals surface area contributed by atoms with Crippen LogP contribution in [-0.4, -0.2) is 43.8 Å². The molecule has 1 heterocycles. The maximum Gasteiger partial charge on any atom is 0.0673 e. The highest BCUT2D eigenvalue weighted by Gasteiger charge is 2.14. The molecule has 1 aliphatic rings. The summed E-state index contributed by atoms with van der Waals surface area (Å²) in [5.74, 6) is 0. The fourth-order valence-corrected chi connectivity index (χ4v) is 2.44. The maximum absolute atomic E-state index is 6.10. The molecule has 1 unspecified atom stereocenters. The van der Waals surface area contributed by atoms with E-state index in [9.17, 15) is 0 Å². The molecular weight excluding hydrogens is 248 g/mol. The molecule has 1 N–H and O–H groups in total. The third-order valence-electron chi connectivity index (χ3n) is 3.15. The van der Waals surface area contributed by atoms with Crippen molar-refractivity contribution in [1.29, 1.82) is 0 Å². The molecule has 1 atom stereocenters. The summed E-state index contributed by atoms with van der Waals surface area (Å²) in [7, 11) is 0. The molecule has 1 aromatic rings. The average molecular weight is 269 g/mol. The molecule has 0 aromatic heterocycles. The molecule has 0 saturated carbocycles. The minimum atomic E-state index is 0.341. The van der Waals surface area contributed by atoms with Crippen LogP contribution in [0.25, 0.3) is 0 Å². The number of hydrogen-bond donors (Lipinski definition) is 1. The van der Waals surface area contributed by atoms with Crippen molar-refractivity contribution in [1.82, 2.24) is 4.90 Å². The second-order valence-electron chi connectivity index (χ2n) is 4.74. The van der Waals surface area contributed by atoms with Crippen molar-refractivity contribution in [2.45, 2.75) is 19.4 Å². The standard InChI is InChI=1S/C14H21ClN2O/c1-12-11-17(8-4-10-18-12)9-7-16-14-6-3-2-5-13(14)15/h2-3,5-6,12,16H,4,7-11H2,1H3. The van der Waals surface area contributed by atoms with E-state index in [0.29, 0.717) is 6.10 Å². The molecular formula is C14H21ClN2O. The van der Waals surface area contributed by atoms with Crippen molar-refractivity contribution in [3.8, 4) is 0 Å². The van der Waals surface area contributed by atoms with Gasteiger partial charge in [-0.3, -0.25) is 4.90 Å². The SMILES string of the molecule is CC1CN(CCNc2ccccc2Cl)CCCO1. The van der Waals surface area contributed by atoms with Crippen LogP contribution >= 0.6 is 11.6 Å². The summed E-state index contributed by atoms with van der Waals surface area (Å²) >= 11 is 6.10. The molecule has 1 aromatic carbocycles. The summed E-state index contributed by atoms with van der Waals surface area (Å²) in [5.41, 5.74) is 1.01. The second kappa shape index (κ2) is 6.98. The molecule has 0 aliphatic carbocycles. The van der Waals surface area contributed by atoms with Gasteiger partial charge in [0.25, 0.3) is 0 Å². The van der Waals surface area contributed by atoms with Crippen LogP contribution in [0.1, 0.15) is 13.3 Å². The molecule has 0 radical (unpaired) electrons. The summed E-state index contributed by atoms with van der Waals surface area (Å²) < 4.78 is 5.63. The van der Waals surface area contributed by atoms with Crippen molar-refractivity contribution in [2.75, 3.05) is 38.1 Å². The molecule has 1 saturated heterocycles. The van der Waals surface area contributed by atoms with E-state index in [2.05, 4.69) is 17.1 Å². The number of rotatable bonds is 4. The summed E-state index contributed by atoms with van der Waals surface area (Å²) in [5, 5.41) is 4.16. The maximum atomic E-state index is 6.10. The van der Waals surface area contributed by atoms with E-state index in [-0.39, 0.29) is 0 Å². The van der Waals surface area contributed by atoms with Gasteiger partial charge in [-0.1, -0.05) is 23.7 Å². The van der Waals surface area contributed by atoms with Crippen LogP contribution in [0.4, 0.5) is 5.69 Å². The van der Waals surface area contributed by atoms with Gasteiger partial charge in [0.2, 0.25) is 0 Å². The summed E-state index contributed by atoms with van der Waals surface area (Å²) in [6.45, 7) is 7.10. The highest BCUT2D eigenvalue weighted by molar-refractivity contribution is 6.33. The highest BCUT2D eigenvalue weighted by Crippen LogP contribution is 2.19. The number of ether oxygens (including phenoxy) is 1. The fourth-order valence-electron chi connectivity index (χ4n) is 2.24. The molecule has 3 nitrogen and oxygen atoms in total. The molecule has 2 rings (SSSR count). The Morgan fingerprint density at radius 2 is 2.28 bits per heavy atom. The van der Waals surface area contributed by atoms with E-state index >= 15 is 0 Å².